The molecule has 2 heteroatoms. The Morgan fingerprint density at radius 1 is 0.382 bits per heavy atom. The number of rotatable bonds is 2. The lowest BCUT2D eigenvalue weighted by molar-refractivity contribution is 0.589. The molecule has 0 N–H and O–H groups in total. The van der Waals surface area contributed by atoms with Gasteiger partial charge in [-0.2, -0.15) is 0 Å². The highest BCUT2D eigenvalue weighted by molar-refractivity contribution is 6.87. The lowest BCUT2D eigenvalue weighted by Crippen LogP contribution is -2.53. The van der Waals surface area contributed by atoms with E-state index in [0.717, 1.165) is 0 Å². The first-order chi connectivity index (χ1) is 31.7. The number of hydrogen-bond acceptors (Lipinski definition) is 0. The van der Waals surface area contributed by atoms with E-state index in [1.54, 1.807) is 0 Å². The molecule has 2 aliphatic carbocycles. The average Bonchev–Trinajstić information content (AvgIpc) is 3.73. The normalized spacial score (nSPS) is 16.4. The predicted octanol–water partition coefficient (Wildman–Crippen LogP) is 16.4. The zero-order valence-corrected chi connectivity index (χ0v) is 44.4. The Bertz CT molecular complexity index is 3460. The predicted molar refractivity (Wildman–Crippen MR) is 296 cm³/mol. The Hall–Kier alpha value is -5.60. The van der Waals surface area contributed by atoms with Crippen molar-refractivity contribution < 1.29 is 0 Å². The van der Waals surface area contributed by atoms with Gasteiger partial charge in [0, 0.05) is 39.2 Å². The van der Waals surface area contributed by atoms with Gasteiger partial charge >= 0.3 is 6.85 Å². The summed E-state index contributed by atoms with van der Waals surface area (Å²) in [5.41, 5.74) is 33.6. The van der Waals surface area contributed by atoms with Crippen molar-refractivity contribution in [1.29, 1.82) is 0 Å². The molecular weight excluding hydrogens is 818 g/mol. The molecule has 8 aromatic rings. The summed E-state index contributed by atoms with van der Waals surface area (Å²) in [7, 11) is 0. The number of fused-ring (bicyclic) bond motifs is 10. The third-order valence-electron chi connectivity index (χ3n) is 16.6. The van der Waals surface area contributed by atoms with Gasteiger partial charge in [-0.05, 0) is 182 Å². The van der Waals surface area contributed by atoms with Crippen LogP contribution in [0.4, 0.5) is 0 Å². The first kappa shape index (κ1) is 44.9. The SMILES string of the molecule is Cc1cc(C)c(B2c3cc4c(cc3-c3cc(C(C)(C)C)cc5c6cc(C(C)(C)C)ccc6n2c35)C(c2c(C)cc(C)cc2C)C2c3ccc(C(C)(C)C)cc3-c3cc(C(C)(C)C)cc-4c32)c(C)c1. The summed E-state index contributed by atoms with van der Waals surface area (Å²) >= 11 is 0. The quantitative estimate of drug-likeness (QED) is 0.152. The van der Waals surface area contributed by atoms with Gasteiger partial charge in [-0.1, -0.05) is 178 Å². The Morgan fingerprint density at radius 3 is 1.41 bits per heavy atom. The van der Waals surface area contributed by atoms with Crippen molar-refractivity contribution in [1.82, 2.24) is 4.48 Å². The van der Waals surface area contributed by atoms with Crippen LogP contribution in [-0.2, 0) is 21.7 Å². The molecule has 68 heavy (non-hydrogen) atoms. The summed E-state index contributed by atoms with van der Waals surface area (Å²) in [5.74, 6) is 0.321. The molecule has 1 aromatic heterocycles. The molecule has 2 heterocycles. The van der Waals surface area contributed by atoms with Crippen LogP contribution in [-0.4, -0.2) is 11.3 Å². The standard InChI is InChI=1S/C66H72BN/c1-35-23-37(3)57(38(4)24-35)60-52-33-48-53-31-44(66(16,17)18)32-54-49-28-42(64(10,11)12)20-22-56(49)68(62(53)54)67(61-39(5)25-36(2)26-40(61)6)55(48)34-47(52)51-30-43(65(13,14)15)29-50-46-27-41(63(7,8)9)19-21-45(46)59(60)58(50)51/h19-34,59-60H,1-18H3. The van der Waals surface area contributed by atoms with Crippen molar-refractivity contribution in [2.75, 3.05) is 0 Å². The van der Waals surface area contributed by atoms with E-state index in [2.05, 4.69) is 226 Å². The molecule has 0 amide bonds. The van der Waals surface area contributed by atoms with Gasteiger partial charge in [0.05, 0.1) is 0 Å². The van der Waals surface area contributed by atoms with E-state index in [0.29, 0.717) is 0 Å². The minimum absolute atomic E-state index is 0.0196. The maximum Gasteiger partial charge on any atom is 0.329 e. The molecule has 344 valence electrons. The van der Waals surface area contributed by atoms with E-state index in [9.17, 15) is 0 Å². The van der Waals surface area contributed by atoms with Crippen molar-refractivity contribution in [2.24, 2.45) is 0 Å². The van der Waals surface area contributed by atoms with Gasteiger partial charge in [0.2, 0.25) is 0 Å². The highest BCUT2D eigenvalue weighted by atomic mass is 14.9. The number of aromatic nitrogens is 1. The Kier molecular flexibility index (Phi) is 9.56. The Labute approximate surface area is 408 Å². The molecule has 0 saturated carbocycles. The minimum atomic E-state index is -0.0487. The van der Waals surface area contributed by atoms with Crippen LogP contribution < -0.4 is 10.9 Å². The smallest absolute Gasteiger partial charge is 0.329 e. The van der Waals surface area contributed by atoms with Crippen LogP contribution in [0.3, 0.4) is 0 Å². The number of hydrogen-bond donors (Lipinski definition) is 0. The second-order valence-corrected chi connectivity index (χ2v) is 25.8. The van der Waals surface area contributed by atoms with Crippen LogP contribution in [0.15, 0.2) is 97.1 Å². The third-order valence-corrected chi connectivity index (χ3v) is 16.6. The van der Waals surface area contributed by atoms with E-state index in [1.165, 1.54) is 144 Å². The fourth-order valence-corrected chi connectivity index (χ4v) is 13.3. The van der Waals surface area contributed by atoms with Crippen LogP contribution in [0.2, 0.25) is 0 Å². The molecule has 0 saturated heterocycles. The fourth-order valence-electron chi connectivity index (χ4n) is 13.3. The first-order valence-electron chi connectivity index (χ1n) is 25.5. The van der Waals surface area contributed by atoms with Crippen molar-refractivity contribution in [3.63, 3.8) is 0 Å². The molecule has 1 nitrogen and oxygen atoms in total. The topological polar surface area (TPSA) is 4.93 Å². The van der Waals surface area contributed by atoms with Crippen LogP contribution in [0.5, 0.6) is 0 Å². The van der Waals surface area contributed by atoms with Crippen molar-refractivity contribution in [3.8, 4) is 33.4 Å². The van der Waals surface area contributed by atoms with Crippen molar-refractivity contribution in [2.45, 2.75) is 158 Å². The summed E-state index contributed by atoms with van der Waals surface area (Å²) in [4.78, 5) is 0. The largest absolute Gasteiger partial charge is 0.375 e. The van der Waals surface area contributed by atoms with Gasteiger partial charge in [0.1, 0.15) is 0 Å². The zero-order valence-electron chi connectivity index (χ0n) is 44.4. The summed E-state index contributed by atoms with van der Waals surface area (Å²) < 4.78 is 2.77. The Balaban J connectivity index is 1.34. The molecule has 3 aliphatic rings. The fraction of sp³-hybridized carbons (Fsp3) is 0.364. The van der Waals surface area contributed by atoms with Gasteiger partial charge in [0.15, 0.2) is 0 Å². The van der Waals surface area contributed by atoms with Crippen molar-refractivity contribution >= 4 is 39.6 Å². The van der Waals surface area contributed by atoms with Crippen LogP contribution in [0, 0.1) is 41.5 Å². The Morgan fingerprint density at radius 2 is 0.838 bits per heavy atom. The number of nitrogens with zero attached hydrogens (tertiary/aromatic N) is 1. The molecule has 7 aromatic carbocycles. The number of aryl methyl sites for hydroxylation is 6. The van der Waals surface area contributed by atoms with E-state index in [4.69, 9.17) is 0 Å². The highest BCUT2D eigenvalue weighted by Gasteiger charge is 2.46. The van der Waals surface area contributed by atoms with Gasteiger partial charge in [-0.25, -0.2) is 0 Å². The molecule has 0 bridgehead atoms. The average molecular weight is 890 g/mol. The van der Waals surface area contributed by atoms with E-state index < -0.39 is 0 Å². The maximum absolute atomic E-state index is 2.77. The molecule has 0 spiro atoms. The lowest BCUT2D eigenvalue weighted by Gasteiger charge is -2.39. The van der Waals surface area contributed by atoms with Gasteiger partial charge in [-0.3, -0.25) is 0 Å². The minimum Gasteiger partial charge on any atom is -0.375 e. The molecule has 0 radical (unpaired) electrons. The first-order valence-corrected chi connectivity index (χ1v) is 25.5. The second-order valence-electron chi connectivity index (χ2n) is 25.8. The summed E-state index contributed by atoms with van der Waals surface area (Å²) in [6.45, 7) is 42.5. The second kappa shape index (κ2) is 14.5. The summed E-state index contributed by atoms with van der Waals surface area (Å²) in [6.07, 6.45) is 0. The van der Waals surface area contributed by atoms with Crippen molar-refractivity contribution in [3.05, 3.63) is 175 Å². The third kappa shape index (κ3) is 6.55. The van der Waals surface area contributed by atoms with Gasteiger partial charge in [0.25, 0.3) is 0 Å². The lowest BCUT2D eigenvalue weighted by atomic mass is 9.45. The maximum atomic E-state index is 2.77. The van der Waals surface area contributed by atoms with Gasteiger partial charge in [-0.15, -0.1) is 0 Å². The van der Waals surface area contributed by atoms with Crippen LogP contribution in [0.1, 0.15) is 173 Å². The molecule has 2 unspecified atom stereocenters. The van der Waals surface area contributed by atoms with Crippen LogP contribution in [0.25, 0.3) is 55.2 Å². The summed E-state index contributed by atoms with van der Waals surface area (Å²) in [6, 6.07) is 40.4. The van der Waals surface area contributed by atoms with E-state index in [1.807, 2.05) is 0 Å². The summed E-state index contributed by atoms with van der Waals surface area (Å²) in [5, 5.41) is 2.73. The zero-order chi connectivity index (χ0) is 48.6. The van der Waals surface area contributed by atoms with Crippen LogP contribution >= 0.6 is 0 Å². The molecule has 2 atom stereocenters. The van der Waals surface area contributed by atoms with Gasteiger partial charge < -0.3 is 4.48 Å². The van der Waals surface area contributed by atoms with E-state index in [-0.39, 0.29) is 40.3 Å². The molecule has 0 fully saturated rings. The molecule has 11 rings (SSSR count). The van der Waals surface area contributed by atoms with E-state index >= 15 is 0 Å². The number of benzene rings is 7. The highest BCUT2D eigenvalue weighted by Crippen LogP contribution is 2.62. The molecule has 1 aliphatic heterocycles. The molecular formula is C66H72BN. The monoisotopic (exact) mass is 890 g/mol.